The summed E-state index contributed by atoms with van der Waals surface area (Å²) in [7, 11) is 0. The average Bonchev–Trinajstić information content (AvgIpc) is 3.98. The molecule has 20 nitrogen and oxygen atoms in total. The second-order valence-corrected chi connectivity index (χ2v) is 14.8. The highest BCUT2D eigenvalue weighted by atomic mass is 16.5. The second-order valence-electron chi connectivity index (χ2n) is 14.8. The summed E-state index contributed by atoms with van der Waals surface area (Å²) in [6, 6.07) is 10.3. The largest absolute Gasteiger partial charge is 0.491 e. The summed E-state index contributed by atoms with van der Waals surface area (Å²) in [6.07, 6.45) is 1.60. The number of primary amides is 2. The van der Waals surface area contributed by atoms with Gasteiger partial charge in [0.2, 0.25) is 23.7 Å². The first-order valence-electron chi connectivity index (χ1n) is 20.7. The van der Waals surface area contributed by atoms with E-state index < -0.39 is 23.6 Å². The van der Waals surface area contributed by atoms with Crippen molar-refractivity contribution in [3.63, 3.8) is 0 Å². The van der Waals surface area contributed by atoms with Crippen LogP contribution in [0, 0.1) is 13.8 Å². The molecular formula is C42H54N12O8. The number of benzene rings is 2. The molecule has 2 aromatic carbocycles. The topological polar surface area (TPSA) is 275 Å². The van der Waals surface area contributed by atoms with Gasteiger partial charge in [0.1, 0.15) is 33.9 Å². The number of carbonyl (C=O) groups excluding carboxylic acids is 4. The van der Waals surface area contributed by atoms with E-state index in [-0.39, 0.29) is 51.2 Å². The number of amides is 4. The zero-order valence-electron chi connectivity index (χ0n) is 35.4. The summed E-state index contributed by atoms with van der Waals surface area (Å²) in [5.41, 5.74) is 16.4. The molecule has 0 bridgehead atoms. The van der Waals surface area contributed by atoms with Crippen molar-refractivity contribution in [2.75, 3.05) is 37.1 Å². The molecule has 330 valence electrons. The van der Waals surface area contributed by atoms with E-state index in [1.165, 1.54) is 0 Å². The van der Waals surface area contributed by atoms with Gasteiger partial charge in [-0.05, 0) is 88.1 Å². The van der Waals surface area contributed by atoms with Crippen LogP contribution in [0.3, 0.4) is 0 Å². The third kappa shape index (κ3) is 10.4. The lowest BCUT2D eigenvalue weighted by molar-refractivity contribution is -0.118. The summed E-state index contributed by atoms with van der Waals surface area (Å²) in [6.45, 7) is 9.16. The highest BCUT2D eigenvalue weighted by Gasteiger charge is 2.24. The third-order valence-electron chi connectivity index (χ3n) is 9.94. The maximum Gasteiger partial charge on any atom is 0.276 e. The van der Waals surface area contributed by atoms with Gasteiger partial charge in [-0.2, -0.15) is 10.2 Å². The molecule has 62 heavy (non-hydrogen) atoms. The number of anilines is 2. The fourth-order valence-corrected chi connectivity index (χ4v) is 7.33. The van der Waals surface area contributed by atoms with E-state index in [0.29, 0.717) is 119 Å². The molecule has 0 fully saturated rings. The van der Waals surface area contributed by atoms with Gasteiger partial charge in [-0.1, -0.05) is 0 Å². The van der Waals surface area contributed by atoms with E-state index >= 15 is 0 Å². The van der Waals surface area contributed by atoms with Gasteiger partial charge in [0, 0.05) is 52.2 Å². The molecule has 8 N–H and O–H groups in total. The molecule has 6 rings (SSSR count). The number of aryl methyl sites for hydroxylation is 6. The van der Waals surface area contributed by atoms with Crippen molar-refractivity contribution in [2.45, 2.75) is 92.4 Å². The summed E-state index contributed by atoms with van der Waals surface area (Å²) in [5.74, 6) is -0.642. The molecule has 0 aliphatic heterocycles. The van der Waals surface area contributed by atoms with Crippen molar-refractivity contribution in [3.8, 4) is 11.5 Å². The Labute approximate surface area is 357 Å². The van der Waals surface area contributed by atoms with Crippen molar-refractivity contribution >= 4 is 57.6 Å². The molecule has 4 amide bonds. The number of unbranched alkanes of at least 4 members (excludes halogenated alkanes) is 1. The fraction of sp³-hybridized carbons (Fsp3) is 0.429. The van der Waals surface area contributed by atoms with E-state index in [1.54, 1.807) is 59.6 Å². The summed E-state index contributed by atoms with van der Waals surface area (Å²) in [4.78, 5) is 61.2. The quantitative estimate of drug-likeness (QED) is 0.0508. The Hall–Kier alpha value is -6.80. The fourth-order valence-electron chi connectivity index (χ4n) is 7.33. The van der Waals surface area contributed by atoms with Gasteiger partial charge in [-0.15, -0.1) is 0 Å². The number of rotatable bonds is 23. The number of aromatic nitrogens is 8. The minimum absolute atomic E-state index is 0.0658. The molecule has 0 saturated carbocycles. The number of imidazole rings is 2. The first kappa shape index (κ1) is 44.7. The van der Waals surface area contributed by atoms with E-state index in [0.717, 1.165) is 0 Å². The van der Waals surface area contributed by atoms with Gasteiger partial charge in [0.05, 0.1) is 48.5 Å². The summed E-state index contributed by atoms with van der Waals surface area (Å²) < 4.78 is 19.2. The van der Waals surface area contributed by atoms with Gasteiger partial charge in [-0.3, -0.25) is 39.2 Å². The van der Waals surface area contributed by atoms with E-state index in [4.69, 9.17) is 30.9 Å². The molecule has 0 aliphatic carbocycles. The first-order valence-corrected chi connectivity index (χ1v) is 20.7. The standard InChI is InChI=1S/C42H54N12O8/c1-5-53-31(17-25(3)49-53)39(59)47-41-45-29-19-27(23-35(43)57)21-33(61-15-9-13-55)37(29)51(41)11-7-8-12-52-38-30(20-28(24-36(44)58)22-34(38)62-16-10-14-56)46-42(52)48-40(60)32-18-26(4)50-54(32)6-2/h17-22,55-56H,5-16,23-24H2,1-4H3,(H2,43,57)(H2,44,58)(H,45,47,59)(H,46,48,60). The van der Waals surface area contributed by atoms with Gasteiger partial charge >= 0.3 is 0 Å². The zero-order chi connectivity index (χ0) is 44.5. The van der Waals surface area contributed by atoms with Crippen LogP contribution in [0.25, 0.3) is 22.1 Å². The number of carbonyl (C=O) groups is 4. The second kappa shape index (κ2) is 20.2. The SMILES string of the molecule is CCn1nc(C)cc1C(=O)Nc1nc2cc(CC(N)=O)cc(OCCCO)c2n1CCCCn1c(NC(=O)c2cc(C)nn2CC)nc2cc(CC(N)=O)cc(OCCCO)c21. The molecule has 0 atom stereocenters. The van der Waals surface area contributed by atoms with Crippen LogP contribution in [0.2, 0.25) is 0 Å². The lowest BCUT2D eigenvalue weighted by atomic mass is 10.1. The average molecular weight is 855 g/mol. The van der Waals surface area contributed by atoms with Gasteiger partial charge in [0.15, 0.2) is 0 Å². The Kier molecular flexibility index (Phi) is 14.6. The lowest BCUT2D eigenvalue weighted by Gasteiger charge is -2.16. The summed E-state index contributed by atoms with van der Waals surface area (Å²) in [5, 5.41) is 33.8. The van der Waals surface area contributed by atoms with Crippen molar-refractivity contribution in [2.24, 2.45) is 11.5 Å². The molecule has 0 unspecified atom stereocenters. The molecule has 4 aromatic heterocycles. The summed E-state index contributed by atoms with van der Waals surface area (Å²) >= 11 is 0. The van der Waals surface area contributed by atoms with Crippen molar-refractivity contribution in [3.05, 3.63) is 70.3 Å². The Morgan fingerprint density at radius 1 is 0.629 bits per heavy atom. The van der Waals surface area contributed by atoms with Crippen LogP contribution in [0.5, 0.6) is 11.5 Å². The van der Waals surface area contributed by atoms with Crippen molar-refractivity contribution < 1.29 is 38.9 Å². The number of nitrogens with zero attached hydrogens (tertiary/aromatic N) is 8. The Morgan fingerprint density at radius 3 is 1.39 bits per heavy atom. The van der Waals surface area contributed by atoms with E-state index in [9.17, 15) is 29.4 Å². The van der Waals surface area contributed by atoms with Crippen LogP contribution in [0.15, 0.2) is 36.4 Å². The van der Waals surface area contributed by atoms with Crippen LogP contribution >= 0.6 is 0 Å². The van der Waals surface area contributed by atoms with Crippen molar-refractivity contribution in [1.29, 1.82) is 0 Å². The van der Waals surface area contributed by atoms with Crippen molar-refractivity contribution in [1.82, 2.24) is 38.7 Å². The number of nitrogens with one attached hydrogen (secondary N) is 2. The third-order valence-corrected chi connectivity index (χ3v) is 9.94. The molecule has 0 saturated heterocycles. The van der Waals surface area contributed by atoms with Crippen LogP contribution in [0.4, 0.5) is 11.9 Å². The number of ether oxygens (including phenoxy) is 2. The molecule has 0 aliphatic rings. The number of aliphatic hydroxyl groups excluding tert-OH is 2. The first-order chi connectivity index (χ1) is 29.8. The number of aliphatic hydroxyl groups is 2. The molecule has 0 radical (unpaired) electrons. The lowest BCUT2D eigenvalue weighted by Crippen LogP contribution is -2.20. The Bertz CT molecular complexity index is 2410. The molecule has 4 heterocycles. The number of hydrogen-bond acceptors (Lipinski definition) is 12. The maximum absolute atomic E-state index is 13.8. The van der Waals surface area contributed by atoms with Gasteiger partial charge < -0.3 is 40.3 Å². The number of nitrogens with two attached hydrogens (primary N) is 2. The van der Waals surface area contributed by atoms with Gasteiger partial charge in [-0.25, -0.2) is 9.97 Å². The monoisotopic (exact) mass is 854 g/mol. The molecular weight excluding hydrogens is 801 g/mol. The number of fused-ring (bicyclic) bond motifs is 2. The Balaban J connectivity index is 1.38. The van der Waals surface area contributed by atoms with Crippen LogP contribution in [-0.4, -0.2) is 98.9 Å². The van der Waals surface area contributed by atoms with Gasteiger partial charge in [0.25, 0.3) is 11.8 Å². The maximum atomic E-state index is 13.8. The molecule has 6 aromatic rings. The van der Waals surface area contributed by atoms with Crippen LogP contribution < -0.4 is 31.6 Å². The predicted octanol–water partition coefficient (Wildman–Crippen LogP) is 3.00. The molecule has 20 heteroatoms. The smallest absolute Gasteiger partial charge is 0.276 e. The Morgan fingerprint density at radius 2 is 1.03 bits per heavy atom. The van der Waals surface area contributed by atoms with E-state index in [2.05, 4.69) is 20.8 Å². The number of hydrogen-bond donors (Lipinski definition) is 6. The highest BCUT2D eigenvalue weighted by molar-refractivity contribution is 6.04. The zero-order valence-corrected chi connectivity index (χ0v) is 35.4. The minimum Gasteiger partial charge on any atom is -0.491 e. The molecule has 0 spiro atoms. The highest BCUT2D eigenvalue weighted by Crippen LogP contribution is 2.34. The minimum atomic E-state index is -0.540. The van der Waals surface area contributed by atoms with E-state index in [1.807, 2.05) is 23.0 Å². The van der Waals surface area contributed by atoms with Crippen LogP contribution in [0.1, 0.15) is 83.0 Å². The van der Waals surface area contributed by atoms with Crippen LogP contribution in [-0.2, 0) is 48.6 Å². The predicted molar refractivity (Wildman–Crippen MR) is 230 cm³/mol. The normalized spacial score (nSPS) is 11.4.